The smallest absolute Gasteiger partial charge is 0.0954 e. The first-order valence-corrected chi connectivity index (χ1v) is 9.94. The Morgan fingerprint density at radius 2 is 1.00 bits per heavy atom. The van der Waals surface area contributed by atoms with Gasteiger partial charge < -0.3 is 10.2 Å². The summed E-state index contributed by atoms with van der Waals surface area (Å²) in [7, 11) is 0. The minimum atomic E-state index is -1.05. The molecule has 140 valence electrons. The maximum Gasteiger partial charge on any atom is 0.0954 e. The molecular weight excluding hydrogens is 344 g/mol. The van der Waals surface area contributed by atoms with Gasteiger partial charge in [-0.2, -0.15) is 0 Å². The van der Waals surface area contributed by atoms with Crippen LogP contribution in [0.25, 0.3) is 21.5 Å². The Balaban J connectivity index is 1.57. The average molecular weight is 368 g/mol. The van der Waals surface area contributed by atoms with Crippen LogP contribution in [-0.2, 0) is 11.2 Å². The maximum absolute atomic E-state index is 11.6. The molecule has 0 radical (unpaired) electrons. The summed E-state index contributed by atoms with van der Waals surface area (Å²) >= 11 is 0. The zero-order valence-corrected chi connectivity index (χ0v) is 16.0. The number of fused-ring (bicyclic) bond motifs is 2. The minimum absolute atomic E-state index is 0.317. The molecule has 0 amide bonds. The molecule has 1 saturated carbocycles. The normalized spacial score (nSPS) is 27.5. The molecule has 28 heavy (non-hydrogen) atoms. The fraction of sp³-hybridized carbons (Fsp3) is 0.231. The molecular formula is C26H24O2. The Morgan fingerprint density at radius 3 is 1.43 bits per heavy atom. The molecule has 0 bridgehead atoms. The fourth-order valence-electron chi connectivity index (χ4n) is 4.92. The van der Waals surface area contributed by atoms with Crippen LogP contribution in [0.15, 0.2) is 84.9 Å². The van der Waals surface area contributed by atoms with Gasteiger partial charge in [-0.15, -0.1) is 0 Å². The third-order valence-electron chi connectivity index (χ3n) is 6.82. The molecule has 1 aliphatic carbocycles. The highest BCUT2D eigenvalue weighted by Gasteiger charge is 2.54. The van der Waals surface area contributed by atoms with Crippen molar-refractivity contribution in [3.8, 4) is 0 Å². The van der Waals surface area contributed by atoms with E-state index in [2.05, 4.69) is 48.5 Å². The molecule has 0 heterocycles. The van der Waals surface area contributed by atoms with E-state index in [0.717, 1.165) is 32.7 Å². The molecule has 5 rings (SSSR count). The monoisotopic (exact) mass is 368 g/mol. The van der Waals surface area contributed by atoms with Crippen LogP contribution in [0.3, 0.4) is 0 Å². The molecule has 2 heteroatoms. The first-order chi connectivity index (χ1) is 13.5. The van der Waals surface area contributed by atoms with Crippen LogP contribution in [0.1, 0.15) is 30.9 Å². The average Bonchev–Trinajstić information content (AvgIpc) is 2.99. The van der Waals surface area contributed by atoms with E-state index < -0.39 is 11.2 Å². The maximum atomic E-state index is 11.6. The summed E-state index contributed by atoms with van der Waals surface area (Å²) in [6.07, 6.45) is 1.08. The molecule has 0 saturated heterocycles. The van der Waals surface area contributed by atoms with Crippen LogP contribution < -0.4 is 0 Å². The van der Waals surface area contributed by atoms with Crippen molar-refractivity contribution in [1.82, 2.24) is 0 Å². The fourth-order valence-corrected chi connectivity index (χ4v) is 4.92. The lowest BCUT2D eigenvalue weighted by molar-refractivity contribution is -0.0735. The highest BCUT2D eigenvalue weighted by Crippen LogP contribution is 2.54. The molecule has 1 fully saturated rings. The molecule has 4 aromatic rings. The predicted molar refractivity (Wildman–Crippen MR) is 114 cm³/mol. The number of hydrogen-bond acceptors (Lipinski definition) is 2. The lowest BCUT2D eigenvalue weighted by atomic mass is 9.76. The van der Waals surface area contributed by atoms with E-state index in [1.165, 1.54) is 0 Å². The topological polar surface area (TPSA) is 40.5 Å². The van der Waals surface area contributed by atoms with Crippen molar-refractivity contribution in [2.75, 3.05) is 0 Å². The summed E-state index contributed by atoms with van der Waals surface area (Å²) in [5.41, 5.74) is -0.333. The number of benzene rings is 4. The van der Waals surface area contributed by atoms with Crippen molar-refractivity contribution in [1.29, 1.82) is 0 Å². The molecule has 0 spiro atoms. The van der Waals surface area contributed by atoms with Crippen molar-refractivity contribution in [3.63, 3.8) is 0 Å². The second-order valence-electron chi connectivity index (χ2n) is 8.19. The summed E-state index contributed by atoms with van der Waals surface area (Å²) in [6, 6.07) is 28.6. The van der Waals surface area contributed by atoms with E-state index in [0.29, 0.717) is 12.8 Å². The van der Waals surface area contributed by atoms with Gasteiger partial charge in [-0.25, -0.2) is 0 Å². The summed E-state index contributed by atoms with van der Waals surface area (Å²) in [4.78, 5) is 0. The third kappa shape index (κ3) is 2.49. The molecule has 1 aliphatic rings. The van der Waals surface area contributed by atoms with Gasteiger partial charge in [0.15, 0.2) is 0 Å². The molecule has 0 aromatic heterocycles. The Kier molecular flexibility index (Phi) is 3.84. The van der Waals surface area contributed by atoms with Crippen LogP contribution in [0.2, 0.25) is 0 Å². The van der Waals surface area contributed by atoms with E-state index in [-0.39, 0.29) is 5.92 Å². The van der Waals surface area contributed by atoms with Crippen molar-refractivity contribution in [2.24, 2.45) is 5.92 Å². The number of rotatable bonds is 2. The largest absolute Gasteiger partial charge is 0.385 e. The summed E-state index contributed by atoms with van der Waals surface area (Å²) in [5.74, 6) is -0.317. The second kappa shape index (κ2) is 6.16. The molecule has 0 aliphatic heterocycles. The molecule has 3 atom stereocenters. The van der Waals surface area contributed by atoms with Crippen LogP contribution in [0.4, 0.5) is 0 Å². The van der Waals surface area contributed by atoms with E-state index in [9.17, 15) is 10.2 Å². The standard InChI is InChI=1S/C26H24O2/c1-18-25(27,23-12-10-19-6-2-4-8-21(19)16-23)14-15-26(18,28)24-13-11-20-7-3-5-9-22(20)17-24/h2-13,16-18,27-28H,14-15H2,1H3/t18?,25-,26+. The minimum Gasteiger partial charge on any atom is -0.385 e. The van der Waals surface area contributed by atoms with Crippen molar-refractivity contribution < 1.29 is 10.2 Å². The zero-order chi connectivity index (χ0) is 19.4. The quantitative estimate of drug-likeness (QED) is 0.490. The van der Waals surface area contributed by atoms with Crippen molar-refractivity contribution in [2.45, 2.75) is 31.0 Å². The SMILES string of the molecule is CC1[C@](O)(c2ccc3ccccc3c2)CC[C@]1(O)c1ccc2ccccc2c1. The Bertz CT molecular complexity index is 1090. The van der Waals surface area contributed by atoms with Gasteiger partial charge in [-0.05, 0) is 57.6 Å². The lowest BCUT2D eigenvalue weighted by Gasteiger charge is -2.36. The summed E-state index contributed by atoms with van der Waals surface area (Å²) < 4.78 is 0. The number of hydrogen-bond donors (Lipinski definition) is 2. The molecule has 1 unspecified atom stereocenters. The van der Waals surface area contributed by atoms with Crippen molar-refractivity contribution in [3.05, 3.63) is 96.1 Å². The van der Waals surface area contributed by atoms with Crippen LogP contribution >= 0.6 is 0 Å². The Labute approximate surface area is 165 Å². The summed E-state index contributed by atoms with van der Waals surface area (Å²) in [6.45, 7) is 1.97. The van der Waals surface area contributed by atoms with E-state index in [1.807, 2.05) is 43.3 Å². The van der Waals surface area contributed by atoms with Gasteiger partial charge in [0.05, 0.1) is 11.2 Å². The summed E-state index contributed by atoms with van der Waals surface area (Å²) in [5, 5.41) is 27.8. The van der Waals surface area contributed by atoms with Crippen LogP contribution in [0.5, 0.6) is 0 Å². The van der Waals surface area contributed by atoms with Gasteiger partial charge in [-0.3, -0.25) is 0 Å². The second-order valence-corrected chi connectivity index (χ2v) is 8.19. The van der Waals surface area contributed by atoms with E-state index in [1.54, 1.807) is 0 Å². The number of aliphatic hydroxyl groups is 2. The highest BCUT2D eigenvalue weighted by atomic mass is 16.3. The lowest BCUT2D eigenvalue weighted by Crippen LogP contribution is -2.38. The third-order valence-corrected chi connectivity index (χ3v) is 6.82. The Hall–Kier alpha value is -2.68. The van der Waals surface area contributed by atoms with E-state index >= 15 is 0 Å². The highest BCUT2D eigenvalue weighted by molar-refractivity contribution is 5.84. The van der Waals surface area contributed by atoms with Gasteiger partial charge in [0.1, 0.15) is 0 Å². The van der Waals surface area contributed by atoms with Gasteiger partial charge in [-0.1, -0.05) is 79.7 Å². The van der Waals surface area contributed by atoms with Crippen molar-refractivity contribution >= 4 is 21.5 Å². The molecule has 2 nitrogen and oxygen atoms in total. The van der Waals surface area contributed by atoms with Gasteiger partial charge in [0.25, 0.3) is 0 Å². The predicted octanol–water partition coefficient (Wildman–Crippen LogP) is 5.50. The first kappa shape index (κ1) is 17.4. The van der Waals surface area contributed by atoms with Gasteiger partial charge >= 0.3 is 0 Å². The van der Waals surface area contributed by atoms with Gasteiger partial charge in [0.2, 0.25) is 0 Å². The van der Waals surface area contributed by atoms with Gasteiger partial charge in [0, 0.05) is 5.92 Å². The van der Waals surface area contributed by atoms with Crippen LogP contribution in [-0.4, -0.2) is 10.2 Å². The Morgan fingerprint density at radius 1 is 0.607 bits per heavy atom. The molecule has 4 aromatic carbocycles. The molecule has 2 N–H and O–H groups in total. The van der Waals surface area contributed by atoms with E-state index in [4.69, 9.17) is 0 Å². The first-order valence-electron chi connectivity index (χ1n) is 9.94. The zero-order valence-electron chi connectivity index (χ0n) is 16.0. The van der Waals surface area contributed by atoms with Crippen LogP contribution in [0, 0.1) is 5.92 Å².